The van der Waals surface area contributed by atoms with Crippen molar-refractivity contribution in [3.63, 3.8) is 0 Å². The number of nitrogens with one attached hydrogen (secondary N) is 1. The van der Waals surface area contributed by atoms with Crippen molar-refractivity contribution in [2.45, 2.75) is 32.9 Å². The lowest BCUT2D eigenvalue weighted by molar-refractivity contribution is 0.284. The molecule has 1 unspecified atom stereocenters. The Bertz CT molecular complexity index is 542. The van der Waals surface area contributed by atoms with Gasteiger partial charge >= 0.3 is 0 Å². The normalized spacial score (nSPS) is 12.3. The molecule has 1 atom stereocenters. The zero-order valence-electron chi connectivity index (χ0n) is 12.6. The molecule has 0 spiro atoms. The van der Waals surface area contributed by atoms with E-state index < -0.39 is 0 Å². The molecule has 0 aliphatic heterocycles. The van der Waals surface area contributed by atoms with E-state index in [0.717, 1.165) is 18.5 Å². The predicted octanol–water partition coefficient (Wildman–Crippen LogP) is 3.16. The van der Waals surface area contributed by atoms with E-state index in [9.17, 15) is 4.39 Å². The summed E-state index contributed by atoms with van der Waals surface area (Å²) < 4.78 is 21.4. The summed E-state index contributed by atoms with van der Waals surface area (Å²) in [5.74, 6) is -0.0233. The topological polar surface area (TPSA) is 39.1 Å². The summed E-state index contributed by atoms with van der Waals surface area (Å²) >= 11 is 0. The molecule has 2 aromatic rings. The molecule has 2 rings (SSSR count). The van der Waals surface area contributed by atoms with Crippen molar-refractivity contribution in [1.82, 2.24) is 14.9 Å². The van der Waals surface area contributed by atoms with Crippen LogP contribution in [0.15, 0.2) is 36.9 Å². The fourth-order valence-electron chi connectivity index (χ4n) is 2.06. The lowest BCUT2D eigenvalue weighted by atomic mass is 10.1. The van der Waals surface area contributed by atoms with Crippen LogP contribution >= 0.6 is 0 Å². The van der Waals surface area contributed by atoms with Crippen LogP contribution < -0.4 is 10.1 Å². The number of halogens is 1. The number of benzene rings is 1. The van der Waals surface area contributed by atoms with Crippen molar-refractivity contribution >= 4 is 0 Å². The molecule has 0 bridgehead atoms. The van der Waals surface area contributed by atoms with E-state index in [-0.39, 0.29) is 11.9 Å². The Kier molecular flexibility index (Phi) is 5.75. The molecule has 114 valence electrons. The van der Waals surface area contributed by atoms with Gasteiger partial charge in [0.15, 0.2) is 11.6 Å². The Balaban J connectivity index is 1.89. The third-order valence-corrected chi connectivity index (χ3v) is 3.32. The van der Waals surface area contributed by atoms with Crippen molar-refractivity contribution in [3.8, 4) is 5.75 Å². The second-order valence-electron chi connectivity index (χ2n) is 5.01. The lowest BCUT2D eigenvalue weighted by Crippen LogP contribution is -2.19. The number of hydrogen-bond donors (Lipinski definition) is 1. The second-order valence-corrected chi connectivity index (χ2v) is 5.01. The quantitative estimate of drug-likeness (QED) is 0.812. The van der Waals surface area contributed by atoms with Crippen molar-refractivity contribution in [1.29, 1.82) is 0 Å². The summed E-state index contributed by atoms with van der Waals surface area (Å²) in [5.41, 5.74) is 0.933. The Labute approximate surface area is 125 Å². The van der Waals surface area contributed by atoms with Crippen LogP contribution in [0.5, 0.6) is 5.75 Å². The molecule has 5 heteroatoms. The molecular weight excluding hydrogens is 269 g/mol. The predicted molar refractivity (Wildman–Crippen MR) is 80.8 cm³/mol. The summed E-state index contributed by atoms with van der Waals surface area (Å²) in [6.45, 7) is 6.12. The Morgan fingerprint density at radius 2 is 2.29 bits per heavy atom. The van der Waals surface area contributed by atoms with E-state index in [1.807, 2.05) is 23.8 Å². The van der Waals surface area contributed by atoms with E-state index >= 15 is 0 Å². The number of ether oxygens (including phenoxy) is 1. The van der Waals surface area contributed by atoms with E-state index in [4.69, 9.17) is 4.74 Å². The van der Waals surface area contributed by atoms with Crippen LogP contribution in [0.1, 0.15) is 31.9 Å². The summed E-state index contributed by atoms with van der Waals surface area (Å²) in [6.07, 6.45) is 6.33. The molecule has 0 saturated carbocycles. The monoisotopic (exact) mass is 291 g/mol. The molecule has 0 saturated heterocycles. The van der Waals surface area contributed by atoms with E-state index in [2.05, 4.69) is 17.2 Å². The third kappa shape index (κ3) is 4.56. The summed E-state index contributed by atoms with van der Waals surface area (Å²) in [5, 5.41) is 3.34. The first-order valence-corrected chi connectivity index (χ1v) is 7.32. The Morgan fingerprint density at radius 1 is 1.43 bits per heavy atom. The van der Waals surface area contributed by atoms with Gasteiger partial charge in [-0.3, -0.25) is 0 Å². The van der Waals surface area contributed by atoms with E-state index in [1.54, 1.807) is 24.7 Å². The highest BCUT2D eigenvalue weighted by Gasteiger charge is 2.09. The maximum atomic E-state index is 14.0. The van der Waals surface area contributed by atoms with Gasteiger partial charge in [0.05, 0.1) is 12.9 Å². The lowest BCUT2D eigenvalue weighted by Gasteiger charge is -2.15. The zero-order chi connectivity index (χ0) is 15.1. The maximum absolute atomic E-state index is 14.0. The van der Waals surface area contributed by atoms with Crippen LogP contribution in [0.25, 0.3) is 0 Å². The van der Waals surface area contributed by atoms with Crippen LogP contribution in [0.4, 0.5) is 4.39 Å². The van der Waals surface area contributed by atoms with Gasteiger partial charge in [-0.2, -0.15) is 0 Å². The molecule has 1 aromatic carbocycles. The van der Waals surface area contributed by atoms with Gasteiger partial charge in [0, 0.05) is 18.4 Å². The molecule has 0 fully saturated rings. The second kappa shape index (κ2) is 7.78. The van der Waals surface area contributed by atoms with E-state index in [1.165, 1.54) is 0 Å². The van der Waals surface area contributed by atoms with Crippen molar-refractivity contribution in [2.75, 3.05) is 13.2 Å². The van der Waals surface area contributed by atoms with Gasteiger partial charge in [-0.25, -0.2) is 9.37 Å². The minimum Gasteiger partial charge on any atom is -0.489 e. The largest absolute Gasteiger partial charge is 0.489 e. The fraction of sp³-hybridized carbons (Fsp3) is 0.438. The van der Waals surface area contributed by atoms with Crippen LogP contribution in [0.3, 0.4) is 0 Å². The van der Waals surface area contributed by atoms with Crippen LogP contribution in [-0.4, -0.2) is 22.7 Å². The molecule has 4 nitrogen and oxygen atoms in total. The highest BCUT2D eigenvalue weighted by Crippen LogP contribution is 2.22. The molecule has 1 aromatic heterocycles. The number of nitrogens with zero attached hydrogens (tertiary/aromatic N) is 2. The average Bonchev–Trinajstić information content (AvgIpc) is 2.99. The van der Waals surface area contributed by atoms with Crippen LogP contribution in [0, 0.1) is 5.82 Å². The molecule has 0 radical (unpaired) electrons. The van der Waals surface area contributed by atoms with Crippen molar-refractivity contribution in [2.24, 2.45) is 0 Å². The van der Waals surface area contributed by atoms with Gasteiger partial charge in [0.1, 0.15) is 6.61 Å². The minimum atomic E-state index is -0.316. The molecular formula is C16H22FN3O. The average molecular weight is 291 g/mol. The number of hydrogen-bond acceptors (Lipinski definition) is 3. The smallest absolute Gasteiger partial charge is 0.165 e. The maximum Gasteiger partial charge on any atom is 0.165 e. The highest BCUT2D eigenvalue weighted by molar-refractivity contribution is 5.30. The van der Waals surface area contributed by atoms with Gasteiger partial charge in [0.2, 0.25) is 0 Å². The first-order chi connectivity index (χ1) is 10.2. The Morgan fingerprint density at radius 3 is 2.95 bits per heavy atom. The minimum absolute atomic E-state index is 0.138. The standard InChI is InChI=1S/C16H22FN3O/c1-3-6-19-13(2)14-4-5-16(15(17)11-14)21-10-9-20-8-7-18-12-20/h4-5,7-8,11-13,19H,3,6,9-10H2,1-2H3. The number of rotatable bonds is 8. The zero-order valence-corrected chi connectivity index (χ0v) is 12.6. The molecule has 1 heterocycles. The molecule has 0 aliphatic rings. The third-order valence-electron chi connectivity index (χ3n) is 3.32. The molecule has 0 amide bonds. The van der Waals surface area contributed by atoms with Crippen molar-refractivity contribution in [3.05, 3.63) is 48.3 Å². The van der Waals surface area contributed by atoms with Gasteiger partial charge in [0.25, 0.3) is 0 Å². The van der Waals surface area contributed by atoms with Gasteiger partial charge in [-0.05, 0) is 37.6 Å². The first kappa shape index (κ1) is 15.5. The SMILES string of the molecule is CCCNC(C)c1ccc(OCCn2ccnc2)c(F)c1. The molecule has 21 heavy (non-hydrogen) atoms. The van der Waals surface area contributed by atoms with Gasteiger partial charge in [-0.15, -0.1) is 0 Å². The number of imidazole rings is 1. The van der Waals surface area contributed by atoms with Crippen LogP contribution in [0.2, 0.25) is 0 Å². The molecule has 0 aliphatic carbocycles. The fourth-order valence-corrected chi connectivity index (χ4v) is 2.06. The molecule has 1 N–H and O–H groups in total. The van der Waals surface area contributed by atoms with E-state index in [0.29, 0.717) is 18.9 Å². The van der Waals surface area contributed by atoms with Gasteiger partial charge < -0.3 is 14.6 Å². The summed E-state index contributed by atoms with van der Waals surface area (Å²) in [4.78, 5) is 3.95. The van der Waals surface area contributed by atoms with Gasteiger partial charge in [-0.1, -0.05) is 13.0 Å². The summed E-state index contributed by atoms with van der Waals surface area (Å²) in [7, 11) is 0. The van der Waals surface area contributed by atoms with Crippen molar-refractivity contribution < 1.29 is 9.13 Å². The van der Waals surface area contributed by atoms with Crippen LogP contribution in [-0.2, 0) is 6.54 Å². The summed E-state index contributed by atoms with van der Waals surface area (Å²) in [6, 6.07) is 5.28. The first-order valence-electron chi connectivity index (χ1n) is 7.32. The number of aromatic nitrogens is 2. The highest BCUT2D eigenvalue weighted by atomic mass is 19.1. The Hall–Kier alpha value is -1.88.